The van der Waals surface area contributed by atoms with Crippen LogP contribution in [0.5, 0.6) is 0 Å². The first-order valence-electron chi connectivity index (χ1n) is 6.07. The minimum atomic E-state index is -0.0678. The second-order valence-electron chi connectivity index (χ2n) is 4.31. The van der Waals surface area contributed by atoms with Gasteiger partial charge >= 0.3 is 5.97 Å². The lowest BCUT2D eigenvalue weighted by Crippen LogP contribution is -2.41. The molecule has 3 nitrogen and oxygen atoms in total. The molecule has 16 heavy (non-hydrogen) atoms. The number of ether oxygens (including phenoxy) is 1. The molecule has 0 aromatic rings. The molecule has 94 valence electrons. The van der Waals surface area contributed by atoms with E-state index in [1.165, 1.54) is 32.1 Å². The highest BCUT2D eigenvalue weighted by Gasteiger charge is 2.24. The molecule has 1 aliphatic rings. The van der Waals surface area contributed by atoms with Crippen molar-refractivity contribution >= 4 is 17.7 Å². The largest absolute Gasteiger partial charge is 0.469 e. The molecule has 1 atom stereocenters. The van der Waals surface area contributed by atoms with Gasteiger partial charge in [0.2, 0.25) is 0 Å². The molecule has 1 rings (SSSR count). The van der Waals surface area contributed by atoms with Gasteiger partial charge in [0.25, 0.3) is 0 Å². The van der Waals surface area contributed by atoms with Gasteiger partial charge in [-0.25, -0.2) is 0 Å². The summed E-state index contributed by atoms with van der Waals surface area (Å²) in [5.41, 5.74) is 0. The molecule has 1 saturated heterocycles. The van der Waals surface area contributed by atoms with Crippen molar-refractivity contribution in [2.24, 2.45) is 0 Å². The van der Waals surface area contributed by atoms with Crippen LogP contribution in [0.15, 0.2) is 0 Å². The van der Waals surface area contributed by atoms with Crippen LogP contribution in [-0.2, 0) is 9.53 Å². The summed E-state index contributed by atoms with van der Waals surface area (Å²) in [5.74, 6) is 1.14. The van der Waals surface area contributed by atoms with E-state index in [1.807, 2.05) is 11.8 Å². The zero-order valence-electron chi connectivity index (χ0n) is 10.4. The number of piperidine rings is 1. The second kappa shape index (κ2) is 7.96. The smallest absolute Gasteiger partial charge is 0.307 e. The monoisotopic (exact) mass is 245 g/mol. The summed E-state index contributed by atoms with van der Waals surface area (Å²) in [7, 11) is 1.48. The van der Waals surface area contributed by atoms with E-state index < -0.39 is 0 Å². The molecule has 0 aliphatic carbocycles. The van der Waals surface area contributed by atoms with Crippen LogP contribution in [0.3, 0.4) is 0 Å². The van der Waals surface area contributed by atoms with Crippen molar-refractivity contribution in [1.82, 2.24) is 4.90 Å². The van der Waals surface area contributed by atoms with Gasteiger partial charge in [-0.2, -0.15) is 11.8 Å². The summed E-state index contributed by atoms with van der Waals surface area (Å²) < 4.78 is 4.76. The van der Waals surface area contributed by atoms with Crippen molar-refractivity contribution in [1.29, 1.82) is 0 Å². The van der Waals surface area contributed by atoms with Crippen molar-refractivity contribution < 1.29 is 9.53 Å². The third kappa shape index (κ3) is 4.74. The summed E-state index contributed by atoms with van der Waals surface area (Å²) in [6.45, 7) is 2.28. The Hall–Kier alpha value is -0.220. The molecule has 0 aromatic carbocycles. The van der Waals surface area contributed by atoms with Crippen LogP contribution in [0, 0.1) is 0 Å². The highest BCUT2D eigenvalue weighted by atomic mass is 32.2. The Bertz CT molecular complexity index is 211. The van der Waals surface area contributed by atoms with Crippen LogP contribution in [-0.4, -0.2) is 49.1 Å². The van der Waals surface area contributed by atoms with Crippen LogP contribution in [0.4, 0.5) is 0 Å². The molecule has 0 radical (unpaired) electrons. The van der Waals surface area contributed by atoms with Crippen molar-refractivity contribution in [2.75, 3.05) is 32.2 Å². The highest BCUT2D eigenvalue weighted by molar-refractivity contribution is 7.98. The Morgan fingerprint density at radius 1 is 1.50 bits per heavy atom. The van der Waals surface area contributed by atoms with E-state index in [2.05, 4.69) is 11.2 Å². The summed E-state index contributed by atoms with van der Waals surface area (Å²) in [5, 5.41) is 0. The Morgan fingerprint density at radius 2 is 2.31 bits per heavy atom. The Morgan fingerprint density at radius 3 is 3.00 bits per heavy atom. The lowest BCUT2D eigenvalue weighted by Gasteiger charge is -2.35. The molecular formula is C12H23NO2S. The predicted molar refractivity (Wildman–Crippen MR) is 68.8 cm³/mol. The van der Waals surface area contributed by atoms with Crippen LogP contribution in [0.2, 0.25) is 0 Å². The van der Waals surface area contributed by atoms with Gasteiger partial charge < -0.3 is 4.74 Å². The quantitative estimate of drug-likeness (QED) is 0.530. The normalized spacial score (nSPS) is 22.0. The van der Waals surface area contributed by atoms with Gasteiger partial charge in [-0.15, -0.1) is 0 Å². The fourth-order valence-electron chi connectivity index (χ4n) is 2.27. The molecule has 0 N–H and O–H groups in total. The molecule has 0 saturated carbocycles. The summed E-state index contributed by atoms with van der Waals surface area (Å²) in [6.07, 6.45) is 7.60. The minimum Gasteiger partial charge on any atom is -0.469 e. The van der Waals surface area contributed by atoms with Crippen molar-refractivity contribution in [3.63, 3.8) is 0 Å². The van der Waals surface area contributed by atoms with Crippen LogP contribution in [0.1, 0.15) is 32.1 Å². The van der Waals surface area contributed by atoms with E-state index in [-0.39, 0.29) is 5.97 Å². The number of thioether (sulfide) groups is 1. The standard InChI is InChI=1S/C12H23NO2S/c1-15-12(14)10-11-6-3-4-7-13(11)8-5-9-16-2/h11H,3-10H2,1-2H3. The number of nitrogens with zero attached hydrogens (tertiary/aromatic N) is 1. The van der Waals surface area contributed by atoms with Gasteiger partial charge in [-0.1, -0.05) is 6.42 Å². The average Bonchev–Trinajstić information content (AvgIpc) is 2.31. The summed E-state index contributed by atoms with van der Waals surface area (Å²) in [4.78, 5) is 13.8. The Labute approximate surface area is 103 Å². The average molecular weight is 245 g/mol. The van der Waals surface area contributed by atoms with Crippen LogP contribution >= 0.6 is 11.8 Å². The number of hydrogen-bond donors (Lipinski definition) is 0. The molecule has 1 unspecified atom stereocenters. The molecule has 1 heterocycles. The van der Waals surface area contributed by atoms with E-state index >= 15 is 0 Å². The fraction of sp³-hybridized carbons (Fsp3) is 0.917. The van der Waals surface area contributed by atoms with E-state index in [4.69, 9.17) is 4.74 Å². The molecule has 1 aliphatic heterocycles. The summed E-state index contributed by atoms with van der Waals surface area (Å²) >= 11 is 1.89. The molecule has 1 fully saturated rings. The number of carbonyl (C=O) groups excluding carboxylic acids is 1. The lowest BCUT2D eigenvalue weighted by atomic mass is 9.99. The maximum Gasteiger partial charge on any atom is 0.307 e. The van der Waals surface area contributed by atoms with Crippen LogP contribution < -0.4 is 0 Å². The third-order valence-corrected chi connectivity index (χ3v) is 3.87. The first kappa shape index (κ1) is 13.8. The molecule has 0 amide bonds. The number of esters is 1. The van der Waals surface area contributed by atoms with Crippen LogP contribution in [0.25, 0.3) is 0 Å². The maximum atomic E-state index is 11.3. The van der Waals surface area contributed by atoms with Gasteiger partial charge in [0.15, 0.2) is 0 Å². The SMILES string of the molecule is COC(=O)CC1CCCCN1CCCSC. The maximum absolute atomic E-state index is 11.3. The molecule has 4 heteroatoms. The van der Waals surface area contributed by atoms with E-state index in [0.29, 0.717) is 12.5 Å². The van der Waals surface area contributed by atoms with Gasteiger partial charge in [0.05, 0.1) is 13.5 Å². The topological polar surface area (TPSA) is 29.5 Å². The Kier molecular flexibility index (Phi) is 6.88. The minimum absolute atomic E-state index is 0.0678. The lowest BCUT2D eigenvalue weighted by molar-refractivity contribution is -0.142. The van der Waals surface area contributed by atoms with E-state index in [0.717, 1.165) is 19.5 Å². The zero-order valence-corrected chi connectivity index (χ0v) is 11.2. The number of methoxy groups -OCH3 is 1. The molecule has 0 spiro atoms. The number of rotatable bonds is 6. The second-order valence-corrected chi connectivity index (χ2v) is 5.30. The predicted octanol–water partition coefficient (Wildman–Crippen LogP) is 2.16. The van der Waals surface area contributed by atoms with Gasteiger partial charge in [-0.3, -0.25) is 9.69 Å². The highest BCUT2D eigenvalue weighted by Crippen LogP contribution is 2.20. The number of hydrogen-bond acceptors (Lipinski definition) is 4. The molecule has 0 aromatic heterocycles. The van der Waals surface area contributed by atoms with Gasteiger partial charge in [-0.05, 0) is 44.4 Å². The molecular weight excluding hydrogens is 222 g/mol. The van der Waals surface area contributed by atoms with Gasteiger partial charge in [0, 0.05) is 6.04 Å². The fourth-order valence-corrected chi connectivity index (χ4v) is 2.69. The third-order valence-electron chi connectivity index (χ3n) is 3.17. The zero-order chi connectivity index (χ0) is 11.8. The molecule has 0 bridgehead atoms. The summed E-state index contributed by atoms with van der Waals surface area (Å²) in [6, 6.07) is 0.419. The number of likely N-dealkylation sites (tertiary alicyclic amines) is 1. The van der Waals surface area contributed by atoms with E-state index in [9.17, 15) is 4.79 Å². The first-order chi connectivity index (χ1) is 7.77. The van der Waals surface area contributed by atoms with Crippen molar-refractivity contribution in [3.8, 4) is 0 Å². The number of carbonyl (C=O) groups is 1. The first-order valence-corrected chi connectivity index (χ1v) is 7.47. The van der Waals surface area contributed by atoms with E-state index in [1.54, 1.807) is 0 Å². The van der Waals surface area contributed by atoms with Crippen molar-refractivity contribution in [2.45, 2.75) is 38.1 Å². The van der Waals surface area contributed by atoms with Crippen molar-refractivity contribution in [3.05, 3.63) is 0 Å². The van der Waals surface area contributed by atoms with Gasteiger partial charge in [0.1, 0.15) is 0 Å². The Balaban J connectivity index is 2.34.